The molecule has 0 spiro atoms. The first-order valence-electron chi connectivity index (χ1n) is 10.6. The molecular formula is C19H44O4Si6. The molecule has 0 fully saturated rings. The quantitative estimate of drug-likeness (QED) is 0.429. The van der Waals surface area contributed by atoms with Gasteiger partial charge in [0.1, 0.15) is 0 Å². The van der Waals surface area contributed by atoms with Crippen LogP contribution in [-0.2, 0) is 16.5 Å². The summed E-state index contributed by atoms with van der Waals surface area (Å²) in [5.41, 5.74) is 0. The van der Waals surface area contributed by atoms with Crippen LogP contribution in [0.25, 0.3) is 0 Å². The highest BCUT2D eigenvalue weighted by Crippen LogP contribution is 2.19. The molecule has 1 rings (SSSR count). The Bertz CT molecular complexity index is 663. The van der Waals surface area contributed by atoms with Gasteiger partial charge in [-0.05, 0) is 95.5 Å². The Morgan fingerprint density at radius 1 is 0.552 bits per heavy atom. The van der Waals surface area contributed by atoms with Crippen LogP contribution in [0.1, 0.15) is 0 Å². The first-order chi connectivity index (χ1) is 12.7. The minimum absolute atomic E-state index is 1.31. The monoisotopic (exact) mass is 504 g/mol. The molecule has 0 aliphatic heterocycles. The third-order valence-electron chi connectivity index (χ3n) is 4.30. The fourth-order valence-electron chi connectivity index (χ4n) is 3.77. The van der Waals surface area contributed by atoms with Crippen molar-refractivity contribution in [1.29, 1.82) is 0 Å². The normalized spacial score (nSPS) is 15.5. The topological polar surface area (TPSA) is 36.9 Å². The maximum Gasteiger partial charge on any atom is 0.312 e. The van der Waals surface area contributed by atoms with E-state index in [4.69, 9.17) is 16.5 Å². The van der Waals surface area contributed by atoms with Crippen LogP contribution in [0.3, 0.4) is 0 Å². The van der Waals surface area contributed by atoms with E-state index in [9.17, 15) is 0 Å². The molecule has 1 aromatic rings. The molecule has 0 aromatic heterocycles. The van der Waals surface area contributed by atoms with E-state index in [-0.39, 0.29) is 0 Å². The van der Waals surface area contributed by atoms with Crippen molar-refractivity contribution in [2.24, 2.45) is 0 Å². The lowest BCUT2D eigenvalue weighted by atomic mass is 10.4. The van der Waals surface area contributed by atoms with Gasteiger partial charge in [0.2, 0.25) is 16.6 Å². The average Bonchev–Trinajstić information content (AvgIpc) is 2.40. The van der Waals surface area contributed by atoms with Gasteiger partial charge in [0.25, 0.3) is 9.28 Å². The van der Waals surface area contributed by atoms with Gasteiger partial charge in [0, 0.05) is 0 Å². The first-order valence-corrected chi connectivity index (χ1v) is 28.1. The van der Waals surface area contributed by atoms with Crippen molar-refractivity contribution >= 4 is 61.5 Å². The van der Waals surface area contributed by atoms with Gasteiger partial charge >= 0.3 is 8.56 Å². The van der Waals surface area contributed by atoms with Crippen LogP contribution < -0.4 is 10.4 Å². The highest BCUT2D eigenvalue weighted by atomic mass is 28.5. The van der Waals surface area contributed by atoms with E-state index in [1.54, 1.807) is 0 Å². The van der Waals surface area contributed by atoms with Crippen molar-refractivity contribution in [2.45, 2.75) is 85.1 Å². The molecule has 1 atom stereocenters. The zero-order valence-electron chi connectivity index (χ0n) is 21.0. The van der Waals surface area contributed by atoms with Crippen molar-refractivity contribution in [3.05, 3.63) is 24.3 Å². The van der Waals surface area contributed by atoms with Crippen molar-refractivity contribution in [3.8, 4) is 0 Å². The Morgan fingerprint density at radius 3 is 1.31 bits per heavy atom. The first kappa shape index (κ1) is 27.4. The summed E-state index contributed by atoms with van der Waals surface area (Å²) in [6, 6.07) is 9.04. The number of hydrogen-bond donors (Lipinski definition) is 0. The molecule has 0 amide bonds. The fraction of sp³-hybridized carbons (Fsp3) is 0.684. The predicted molar refractivity (Wildman–Crippen MR) is 142 cm³/mol. The number of rotatable bonds is 10. The largest absolute Gasteiger partial charge is 0.452 e. The Hall–Kier alpha value is 0.361. The lowest BCUT2D eigenvalue weighted by Gasteiger charge is -2.36. The molecule has 0 saturated heterocycles. The zero-order chi connectivity index (χ0) is 22.9. The van der Waals surface area contributed by atoms with Gasteiger partial charge in [0.05, 0.1) is 0 Å². The van der Waals surface area contributed by atoms with E-state index < -0.39 is 51.1 Å². The van der Waals surface area contributed by atoms with Gasteiger partial charge in [-0.2, -0.15) is 0 Å². The van der Waals surface area contributed by atoms with E-state index in [0.717, 1.165) is 0 Å². The van der Waals surface area contributed by atoms with Crippen LogP contribution in [0.15, 0.2) is 24.3 Å². The van der Waals surface area contributed by atoms with E-state index in [1.807, 2.05) is 0 Å². The Morgan fingerprint density at radius 2 is 0.931 bits per heavy atom. The van der Waals surface area contributed by atoms with Crippen LogP contribution >= 0.6 is 0 Å². The molecule has 29 heavy (non-hydrogen) atoms. The second-order valence-corrected chi connectivity index (χ2v) is 34.3. The van der Waals surface area contributed by atoms with Crippen molar-refractivity contribution in [1.82, 2.24) is 0 Å². The van der Waals surface area contributed by atoms with Gasteiger partial charge in [-0.3, -0.25) is 0 Å². The van der Waals surface area contributed by atoms with Crippen LogP contribution in [0, 0.1) is 0 Å². The highest BCUT2D eigenvalue weighted by Gasteiger charge is 2.37. The molecular weight excluding hydrogens is 461 g/mol. The summed E-state index contributed by atoms with van der Waals surface area (Å²) in [7, 11) is -11.0. The third kappa shape index (κ3) is 10.0. The van der Waals surface area contributed by atoms with Gasteiger partial charge in [-0.15, -0.1) is 0 Å². The summed E-state index contributed by atoms with van der Waals surface area (Å²) in [4.78, 5) is 0. The van der Waals surface area contributed by atoms with E-state index in [2.05, 4.69) is 109 Å². The molecule has 0 heterocycles. The molecule has 0 aliphatic rings. The Kier molecular flexibility index (Phi) is 8.94. The summed E-state index contributed by atoms with van der Waals surface area (Å²) < 4.78 is 25.9. The Balaban J connectivity index is 2.87. The van der Waals surface area contributed by atoms with Gasteiger partial charge in [0.15, 0.2) is 16.6 Å². The second-order valence-electron chi connectivity index (χ2n) is 11.2. The smallest absolute Gasteiger partial charge is 0.312 e. The number of benzene rings is 1. The summed E-state index contributed by atoms with van der Waals surface area (Å²) in [5.74, 6) is 0. The van der Waals surface area contributed by atoms with Gasteiger partial charge < -0.3 is 16.5 Å². The fourth-order valence-corrected chi connectivity index (χ4v) is 26.5. The second kappa shape index (κ2) is 9.47. The van der Waals surface area contributed by atoms with Crippen LogP contribution in [0.5, 0.6) is 0 Å². The van der Waals surface area contributed by atoms with Crippen LogP contribution in [0.4, 0.5) is 0 Å². The molecule has 0 N–H and O–H groups in total. The summed E-state index contributed by atoms with van der Waals surface area (Å²) in [6.45, 7) is 29.0. The summed E-state index contributed by atoms with van der Waals surface area (Å²) in [5, 5.41) is 2.67. The number of hydrogen-bond acceptors (Lipinski definition) is 4. The standard InChI is InChI=1S/C19H44O4Si6/c1-24(21-29(12,13)23-26(5,6)7)20-27(8,9)18-14-16-19(17-15-18)28(10,11)22-25(2,3)4/h14-17,24H,1-13H3. The average molecular weight is 505 g/mol. The third-order valence-corrected chi connectivity index (χ3v) is 23.9. The lowest BCUT2D eigenvalue weighted by molar-refractivity contribution is 0.353. The molecule has 10 heteroatoms. The van der Waals surface area contributed by atoms with E-state index in [1.165, 1.54) is 10.4 Å². The lowest BCUT2D eigenvalue weighted by Crippen LogP contribution is -2.54. The summed E-state index contributed by atoms with van der Waals surface area (Å²) >= 11 is 0. The predicted octanol–water partition coefficient (Wildman–Crippen LogP) is 4.80. The molecule has 0 saturated carbocycles. The molecule has 0 aliphatic carbocycles. The van der Waals surface area contributed by atoms with Gasteiger partial charge in [-0.25, -0.2) is 0 Å². The maximum atomic E-state index is 6.59. The Labute approximate surface area is 186 Å². The SMILES string of the molecule is C[SiH](O[Si](C)(C)O[Si](C)(C)C)O[Si](C)(C)c1ccc([Si](C)(C)O[Si](C)(C)C)cc1. The minimum Gasteiger partial charge on any atom is -0.452 e. The summed E-state index contributed by atoms with van der Waals surface area (Å²) in [6.07, 6.45) is 0. The minimum atomic E-state index is -2.15. The van der Waals surface area contributed by atoms with E-state index >= 15 is 0 Å². The van der Waals surface area contributed by atoms with Crippen LogP contribution in [-0.4, -0.2) is 51.1 Å². The molecule has 0 radical (unpaired) electrons. The molecule has 1 unspecified atom stereocenters. The molecule has 1 aromatic carbocycles. The van der Waals surface area contributed by atoms with Gasteiger partial charge in [-0.1, -0.05) is 24.3 Å². The van der Waals surface area contributed by atoms with Crippen molar-refractivity contribution in [3.63, 3.8) is 0 Å². The zero-order valence-corrected chi connectivity index (χ0v) is 27.2. The molecule has 168 valence electrons. The highest BCUT2D eigenvalue weighted by molar-refractivity contribution is 6.92. The van der Waals surface area contributed by atoms with Crippen LogP contribution in [0.2, 0.25) is 85.1 Å². The van der Waals surface area contributed by atoms with Crippen molar-refractivity contribution < 1.29 is 16.5 Å². The molecule has 0 bridgehead atoms. The maximum absolute atomic E-state index is 6.59. The van der Waals surface area contributed by atoms with Crippen molar-refractivity contribution in [2.75, 3.05) is 0 Å². The molecule has 4 nitrogen and oxygen atoms in total. The van der Waals surface area contributed by atoms with E-state index in [0.29, 0.717) is 0 Å².